The first-order valence-electron chi connectivity index (χ1n) is 25.8. The van der Waals surface area contributed by atoms with Crippen molar-refractivity contribution in [2.75, 3.05) is 0 Å². The predicted octanol–water partition coefficient (Wildman–Crippen LogP) is 13.5. The van der Waals surface area contributed by atoms with Gasteiger partial charge in [0.25, 0.3) is 13.4 Å². The second-order valence-corrected chi connectivity index (χ2v) is 20.4. The Kier molecular flexibility index (Phi) is 8.99. The molecule has 16 rings (SSSR count). The van der Waals surface area contributed by atoms with E-state index in [1.165, 1.54) is 44.1 Å². The van der Waals surface area contributed by atoms with Crippen LogP contribution in [0.15, 0.2) is 224 Å². The van der Waals surface area contributed by atoms with Gasteiger partial charge in [-0.3, -0.25) is 0 Å². The van der Waals surface area contributed by atoms with E-state index in [1.807, 2.05) is 24.3 Å². The summed E-state index contributed by atoms with van der Waals surface area (Å²) in [5, 5.41) is 2.44. The molecule has 5 nitrogen and oxygen atoms in total. The van der Waals surface area contributed by atoms with Crippen LogP contribution in [0.25, 0.3) is 72.0 Å². The highest BCUT2D eigenvalue weighted by Gasteiger charge is 2.42. The van der Waals surface area contributed by atoms with Crippen molar-refractivity contribution in [1.29, 1.82) is 0 Å². The minimum absolute atomic E-state index is 0.0373. The summed E-state index contributed by atoms with van der Waals surface area (Å²) in [4.78, 5) is 0. The number of nitrogens with zero attached hydrogens (tertiary/aromatic N) is 1. The van der Waals surface area contributed by atoms with Gasteiger partial charge in [0, 0.05) is 38.5 Å². The van der Waals surface area contributed by atoms with Gasteiger partial charge < -0.3 is 23.5 Å². The number of aryl methyl sites for hydroxylation is 2. The molecule has 0 aliphatic carbocycles. The molecule has 0 N–H and O–H groups in total. The molecule has 11 aromatic carbocycles. The van der Waals surface area contributed by atoms with Crippen LogP contribution in [0.2, 0.25) is 0 Å². The van der Waals surface area contributed by atoms with Gasteiger partial charge in [0.05, 0.1) is 11.0 Å². The molecule has 0 fully saturated rings. The molecule has 0 spiro atoms. The summed E-state index contributed by atoms with van der Waals surface area (Å²) in [6.07, 6.45) is 0. The number of ether oxygens (including phenoxy) is 4. The lowest BCUT2D eigenvalue weighted by atomic mass is 9.35. The minimum atomic E-state index is 0.0373. The van der Waals surface area contributed by atoms with Crippen molar-refractivity contribution >= 4 is 68.0 Å². The lowest BCUT2D eigenvalue weighted by molar-refractivity contribution is 0.464. The van der Waals surface area contributed by atoms with Crippen LogP contribution in [-0.2, 0) is 0 Å². The van der Waals surface area contributed by atoms with Gasteiger partial charge in [0.2, 0.25) is 0 Å². The number of benzene rings is 11. The lowest BCUT2D eigenvalue weighted by Crippen LogP contribution is -2.57. The van der Waals surface area contributed by atoms with Gasteiger partial charge in [-0.25, -0.2) is 0 Å². The molecule has 0 saturated carbocycles. The van der Waals surface area contributed by atoms with Crippen LogP contribution in [0.4, 0.5) is 0 Å². The van der Waals surface area contributed by atoms with Gasteiger partial charge in [0.15, 0.2) is 0 Å². The van der Waals surface area contributed by atoms with E-state index < -0.39 is 0 Å². The van der Waals surface area contributed by atoms with Crippen LogP contribution in [0.3, 0.4) is 0 Å². The van der Waals surface area contributed by atoms with Gasteiger partial charge in [-0.2, -0.15) is 0 Å². The molecule has 0 unspecified atom stereocenters. The molecule has 0 saturated heterocycles. The zero-order valence-electron chi connectivity index (χ0n) is 41.1. The van der Waals surface area contributed by atoms with E-state index in [1.54, 1.807) is 0 Å². The monoisotopic (exact) mass is 959 g/mol. The normalized spacial score (nSPS) is 13.0. The van der Waals surface area contributed by atoms with Gasteiger partial charge in [-0.05, 0) is 165 Å². The summed E-state index contributed by atoms with van der Waals surface area (Å²) in [6, 6.07) is 80.5. The SMILES string of the molecule is Cc1cc(-c2ccc(-c3cc4c5c(c3)Oc3ccccc3B5c3ccccc3O4)cc2)c2c(c1)c1cc(C)cc(-c3ccc(-c4cc5c6c(c4)Oc4ccccc4B6c4ccccc4O5)cc3)c1n2-c1ccccc1. The number of hydrogen-bond acceptors (Lipinski definition) is 4. The molecule has 350 valence electrons. The average Bonchev–Trinajstić information content (AvgIpc) is 3.79. The summed E-state index contributed by atoms with van der Waals surface area (Å²) >= 11 is 0. The highest BCUT2D eigenvalue weighted by molar-refractivity contribution is 6.99. The third-order valence-electron chi connectivity index (χ3n) is 15.9. The van der Waals surface area contributed by atoms with Gasteiger partial charge >= 0.3 is 0 Å². The second kappa shape index (κ2) is 16.0. The summed E-state index contributed by atoms with van der Waals surface area (Å²) < 4.78 is 29.2. The lowest BCUT2D eigenvalue weighted by Gasteiger charge is -2.33. The average molecular weight is 960 g/mol. The van der Waals surface area contributed by atoms with Crippen LogP contribution in [0.1, 0.15) is 11.1 Å². The van der Waals surface area contributed by atoms with Crippen molar-refractivity contribution in [3.8, 4) is 96.2 Å². The van der Waals surface area contributed by atoms with E-state index in [0.29, 0.717) is 0 Å². The smallest absolute Gasteiger partial charge is 0.260 e. The fraction of sp³-hybridized carbons (Fsp3) is 0.0294. The standard InChI is InChI=1S/C68H43B2NO4/c1-40-32-49(44-28-24-42(25-29-44)46-36-61-65-62(37-46)73-58-21-11-7-17-54(58)69(65)53-16-6-10-20-57(53)72-61)67-51(34-40)52-35-41(2)33-50(68(52)71(67)48-14-4-3-5-15-48)45-30-26-43(27-31-45)47-38-63-66-64(39-47)75-60-23-13-9-19-56(60)70(66)55-18-8-12-22-59(55)74-63/h3-39H,1-2H3. The largest absolute Gasteiger partial charge is 0.458 e. The minimum Gasteiger partial charge on any atom is -0.458 e. The molecular weight excluding hydrogens is 916 g/mol. The number of rotatable bonds is 5. The molecule has 0 amide bonds. The Morgan fingerprint density at radius 3 is 0.973 bits per heavy atom. The maximum atomic E-state index is 6.68. The third kappa shape index (κ3) is 6.41. The Balaban J connectivity index is 0.808. The van der Waals surface area contributed by atoms with E-state index in [-0.39, 0.29) is 13.4 Å². The second-order valence-electron chi connectivity index (χ2n) is 20.4. The van der Waals surface area contributed by atoms with E-state index >= 15 is 0 Å². The van der Waals surface area contributed by atoms with E-state index in [9.17, 15) is 0 Å². The first-order valence-corrected chi connectivity index (χ1v) is 25.8. The number of fused-ring (bicyclic) bond motifs is 11. The Labute approximate surface area is 435 Å². The highest BCUT2D eigenvalue weighted by atomic mass is 16.5. The van der Waals surface area contributed by atoms with Crippen LogP contribution in [0.5, 0.6) is 46.0 Å². The molecule has 0 atom stereocenters. The fourth-order valence-corrected chi connectivity index (χ4v) is 12.6. The molecule has 0 bridgehead atoms. The predicted molar refractivity (Wildman–Crippen MR) is 307 cm³/mol. The van der Waals surface area contributed by atoms with Crippen molar-refractivity contribution < 1.29 is 18.9 Å². The van der Waals surface area contributed by atoms with Gasteiger partial charge in [0.1, 0.15) is 46.0 Å². The van der Waals surface area contributed by atoms with Crippen LogP contribution >= 0.6 is 0 Å². The third-order valence-corrected chi connectivity index (χ3v) is 15.9. The summed E-state index contributed by atoms with van der Waals surface area (Å²) in [6.45, 7) is 4.50. The number of para-hydroxylation sites is 5. The Bertz CT molecular complexity index is 3990. The van der Waals surface area contributed by atoms with Gasteiger partial charge in [-0.15, -0.1) is 0 Å². The molecule has 4 aliphatic rings. The highest BCUT2D eigenvalue weighted by Crippen LogP contribution is 2.46. The maximum Gasteiger partial charge on any atom is 0.260 e. The van der Waals surface area contributed by atoms with Crippen LogP contribution in [-0.4, -0.2) is 18.0 Å². The molecule has 75 heavy (non-hydrogen) atoms. The topological polar surface area (TPSA) is 41.9 Å². The zero-order chi connectivity index (χ0) is 49.5. The van der Waals surface area contributed by atoms with Crippen molar-refractivity contribution in [2.24, 2.45) is 0 Å². The molecule has 5 heterocycles. The molecule has 7 heteroatoms. The van der Waals surface area contributed by atoms with E-state index in [2.05, 4.69) is 219 Å². The quantitative estimate of drug-likeness (QED) is 0.161. The summed E-state index contributed by atoms with van der Waals surface area (Å²) in [5.41, 5.74) is 21.5. The first kappa shape index (κ1) is 42.1. The van der Waals surface area contributed by atoms with Crippen molar-refractivity contribution in [3.05, 3.63) is 236 Å². The number of hydrogen-bond donors (Lipinski definition) is 0. The zero-order valence-corrected chi connectivity index (χ0v) is 41.1. The van der Waals surface area contributed by atoms with Crippen molar-refractivity contribution in [3.63, 3.8) is 0 Å². The maximum absolute atomic E-state index is 6.68. The van der Waals surface area contributed by atoms with Gasteiger partial charge in [-0.1, -0.05) is 140 Å². The molecule has 12 aromatic rings. The summed E-state index contributed by atoms with van der Waals surface area (Å²) in [7, 11) is 0. The fourth-order valence-electron chi connectivity index (χ4n) is 12.6. The van der Waals surface area contributed by atoms with Crippen molar-refractivity contribution in [2.45, 2.75) is 13.8 Å². The number of aromatic nitrogens is 1. The van der Waals surface area contributed by atoms with Crippen LogP contribution in [0, 0.1) is 13.8 Å². The molecular formula is C68H43B2NO4. The van der Waals surface area contributed by atoms with Crippen LogP contribution < -0.4 is 51.7 Å². The Hall–Kier alpha value is -9.45. The summed E-state index contributed by atoms with van der Waals surface area (Å²) in [5.74, 6) is 6.88. The van der Waals surface area contributed by atoms with Crippen molar-refractivity contribution in [1.82, 2.24) is 4.57 Å². The Morgan fingerprint density at radius 2 is 0.613 bits per heavy atom. The molecule has 4 aliphatic heterocycles. The Morgan fingerprint density at radius 1 is 0.293 bits per heavy atom. The first-order chi connectivity index (χ1) is 37.0. The molecule has 0 radical (unpaired) electrons. The van der Waals surface area contributed by atoms with E-state index in [0.717, 1.165) is 118 Å². The molecule has 1 aromatic heterocycles. The van der Waals surface area contributed by atoms with E-state index in [4.69, 9.17) is 18.9 Å².